The fraction of sp³-hybridized carbons (Fsp3) is 0.267. The van der Waals surface area contributed by atoms with E-state index in [0.29, 0.717) is 18.2 Å². The molecule has 0 saturated carbocycles. The molecule has 0 fully saturated rings. The molecule has 19 heavy (non-hydrogen) atoms. The van der Waals surface area contributed by atoms with E-state index in [1.807, 2.05) is 32.0 Å². The van der Waals surface area contributed by atoms with Crippen LogP contribution in [0, 0.1) is 5.92 Å². The quantitative estimate of drug-likeness (QED) is 0.790. The number of amides is 2. The number of carbonyl (C=O) groups excluding carboxylic acids is 1. The Labute approximate surface area is 112 Å². The van der Waals surface area contributed by atoms with Crippen LogP contribution in [0.3, 0.4) is 0 Å². The van der Waals surface area contributed by atoms with E-state index in [1.165, 1.54) is 0 Å². The minimum atomic E-state index is -0.232. The van der Waals surface area contributed by atoms with E-state index in [4.69, 9.17) is 0 Å². The number of benzene rings is 2. The van der Waals surface area contributed by atoms with Gasteiger partial charge in [0.1, 0.15) is 5.75 Å². The first-order chi connectivity index (χ1) is 9.08. The van der Waals surface area contributed by atoms with Crippen molar-refractivity contribution in [3.05, 3.63) is 36.4 Å². The first-order valence-corrected chi connectivity index (χ1v) is 6.33. The number of aromatic hydroxyl groups is 1. The third-order valence-electron chi connectivity index (χ3n) is 2.82. The molecule has 2 aromatic carbocycles. The fourth-order valence-corrected chi connectivity index (χ4v) is 1.87. The molecule has 4 heteroatoms. The van der Waals surface area contributed by atoms with Gasteiger partial charge in [0.25, 0.3) is 0 Å². The van der Waals surface area contributed by atoms with Gasteiger partial charge < -0.3 is 15.7 Å². The van der Waals surface area contributed by atoms with Gasteiger partial charge in [-0.05, 0) is 18.1 Å². The Hall–Kier alpha value is -2.23. The summed E-state index contributed by atoms with van der Waals surface area (Å²) < 4.78 is 0. The maximum absolute atomic E-state index is 11.8. The van der Waals surface area contributed by atoms with Crippen LogP contribution < -0.4 is 10.6 Å². The van der Waals surface area contributed by atoms with Gasteiger partial charge in [-0.2, -0.15) is 0 Å². The Morgan fingerprint density at radius 2 is 1.84 bits per heavy atom. The highest BCUT2D eigenvalue weighted by Gasteiger charge is 2.07. The second-order valence-corrected chi connectivity index (χ2v) is 4.91. The van der Waals surface area contributed by atoms with Gasteiger partial charge in [0.15, 0.2) is 0 Å². The van der Waals surface area contributed by atoms with Crippen LogP contribution in [0.15, 0.2) is 36.4 Å². The first-order valence-electron chi connectivity index (χ1n) is 6.33. The highest BCUT2D eigenvalue weighted by Crippen LogP contribution is 2.29. The summed E-state index contributed by atoms with van der Waals surface area (Å²) in [5.41, 5.74) is 0.689. The summed E-state index contributed by atoms with van der Waals surface area (Å²) >= 11 is 0. The van der Waals surface area contributed by atoms with Crippen LogP contribution in [0.1, 0.15) is 13.8 Å². The lowest BCUT2D eigenvalue weighted by atomic mass is 10.1. The van der Waals surface area contributed by atoms with Crippen LogP contribution in [-0.2, 0) is 0 Å². The van der Waals surface area contributed by atoms with Crippen molar-refractivity contribution in [2.24, 2.45) is 5.92 Å². The van der Waals surface area contributed by atoms with Crippen molar-refractivity contribution in [1.82, 2.24) is 5.32 Å². The Bertz CT molecular complexity index is 594. The minimum Gasteiger partial charge on any atom is -0.507 e. The molecule has 0 aliphatic rings. The number of fused-ring (bicyclic) bond motifs is 1. The molecule has 100 valence electrons. The lowest BCUT2D eigenvalue weighted by Gasteiger charge is -2.11. The second-order valence-electron chi connectivity index (χ2n) is 4.91. The maximum Gasteiger partial charge on any atom is 0.319 e. The molecule has 0 bridgehead atoms. The van der Waals surface area contributed by atoms with E-state index in [1.54, 1.807) is 18.2 Å². The van der Waals surface area contributed by atoms with Crippen molar-refractivity contribution in [1.29, 1.82) is 0 Å². The van der Waals surface area contributed by atoms with Crippen molar-refractivity contribution in [3.63, 3.8) is 0 Å². The number of nitrogens with one attached hydrogen (secondary N) is 2. The summed E-state index contributed by atoms with van der Waals surface area (Å²) in [6.45, 7) is 4.70. The summed E-state index contributed by atoms with van der Waals surface area (Å²) in [5.74, 6) is 0.617. The zero-order chi connectivity index (χ0) is 13.8. The third kappa shape index (κ3) is 3.16. The van der Waals surface area contributed by atoms with Crippen LogP contribution in [-0.4, -0.2) is 17.7 Å². The van der Waals surface area contributed by atoms with Crippen LogP contribution in [0.2, 0.25) is 0 Å². The average molecular weight is 258 g/mol. The number of rotatable bonds is 3. The number of anilines is 1. The lowest BCUT2D eigenvalue weighted by Crippen LogP contribution is -2.31. The minimum absolute atomic E-state index is 0.212. The van der Waals surface area contributed by atoms with Crippen molar-refractivity contribution < 1.29 is 9.90 Å². The molecular weight excluding hydrogens is 240 g/mol. The zero-order valence-corrected chi connectivity index (χ0v) is 11.1. The average Bonchev–Trinajstić information content (AvgIpc) is 2.38. The Kier molecular flexibility index (Phi) is 3.90. The van der Waals surface area contributed by atoms with E-state index in [-0.39, 0.29) is 11.8 Å². The zero-order valence-electron chi connectivity index (χ0n) is 11.1. The van der Waals surface area contributed by atoms with E-state index < -0.39 is 0 Å². The van der Waals surface area contributed by atoms with Crippen LogP contribution in [0.5, 0.6) is 5.75 Å². The van der Waals surface area contributed by atoms with Crippen molar-refractivity contribution in [2.45, 2.75) is 13.8 Å². The van der Waals surface area contributed by atoms with Gasteiger partial charge in [-0.3, -0.25) is 0 Å². The molecule has 2 amide bonds. The molecule has 0 radical (unpaired) electrons. The summed E-state index contributed by atoms with van der Waals surface area (Å²) in [5, 5.41) is 16.9. The molecule has 0 spiro atoms. The number of hydrogen-bond acceptors (Lipinski definition) is 2. The van der Waals surface area contributed by atoms with Gasteiger partial charge in [0.05, 0.1) is 5.69 Å². The van der Waals surface area contributed by atoms with Gasteiger partial charge in [-0.15, -0.1) is 0 Å². The molecule has 0 saturated heterocycles. The van der Waals surface area contributed by atoms with Gasteiger partial charge in [-0.25, -0.2) is 4.79 Å². The lowest BCUT2D eigenvalue weighted by molar-refractivity contribution is 0.251. The standard InChI is InChI=1S/C15H18N2O2/c1-10(2)9-16-15(19)17-13-7-3-6-12-11(13)5-4-8-14(12)18/h3-8,10,18H,9H2,1-2H3,(H2,16,17,19). The van der Waals surface area contributed by atoms with Crippen LogP contribution in [0.25, 0.3) is 10.8 Å². The van der Waals surface area contributed by atoms with E-state index in [0.717, 1.165) is 10.8 Å². The highest BCUT2D eigenvalue weighted by atomic mass is 16.3. The molecule has 4 nitrogen and oxygen atoms in total. The highest BCUT2D eigenvalue weighted by molar-refractivity contribution is 6.03. The van der Waals surface area contributed by atoms with Crippen molar-refractivity contribution in [3.8, 4) is 5.75 Å². The van der Waals surface area contributed by atoms with Crippen molar-refractivity contribution >= 4 is 22.5 Å². The predicted octanol–water partition coefficient (Wildman–Crippen LogP) is 3.32. The molecule has 0 heterocycles. The monoisotopic (exact) mass is 258 g/mol. The van der Waals surface area contributed by atoms with Crippen LogP contribution >= 0.6 is 0 Å². The maximum atomic E-state index is 11.8. The topological polar surface area (TPSA) is 61.4 Å². The molecular formula is C15H18N2O2. The molecule has 0 unspecified atom stereocenters. The molecule has 2 rings (SSSR count). The number of hydrogen-bond donors (Lipinski definition) is 3. The molecule has 3 N–H and O–H groups in total. The van der Waals surface area contributed by atoms with Crippen molar-refractivity contribution in [2.75, 3.05) is 11.9 Å². The molecule has 0 aliphatic carbocycles. The Morgan fingerprint density at radius 1 is 1.16 bits per heavy atom. The molecule has 2 aromatic rings. The Balaban J connectivity index is 2.21. The molecule has 0 aliphatic heterocycles. The summed E-state index contributed by atoms with van der Waals surface area (Å²) in [7, 11) is 0. The first kappa shape index (κ1) is 13.2. The van der Waals surface area contributed by atoms with Crippen LogP contribution in [0.4, 0.5) is 10.5 Å². The number of phenolic OH excluding ortho intramolecular Hbond substituents is 1. The van der Waals surface area contributed by atoms with Gasteiger partial charge in [0, 0.05) is 17.3 Å². The SMILES string of the molecule is CC(C)CNC(=O)Nc1cccc2c(O)cccc12. The number of phenols is 1. The van der Waals surface area contributed by atoms with E-state index >= 15 is 0 Å². The van der Waals surface area contributed by atoms with E-state index in [9.17, 15) is 9.90 Å². The fourth-order valence-electron chi connectivity index (χ4n) is 1.87. The normalized spacial score (nSPS) is 10.7. The number of carbonyl (C=O) groups is 1. The van der Waals surface area contributed by atoms with Gasteiger partial charge in [-0.1, -0.05) is 38.1 Å². The smallest absolute Gasteiger partial charge is 0.319 e. The van der Waals surface area contributed by atoms with Gasteiger partial charge in [0.2, 0.25) is 0 Å². The Morgan fingerprint density at radius 3 is 2.58 bits per heavy atom. The predicted molar refractivity (Wildman–Crippen MR) is 77.5 cm³/mol. The molecule has 0 atom stereocenters. The van der Waals surface area contributed by atoms with Gasteiger partial charge >= 0.3 is 6.03 Å². The summed E-state index contributed by atoms with van der Waals surface area (Å²) in [6.07, 6.45) is 0. The third-order valence-corrected chi connectivity index (χ3v) is 2.82. The van der Waals surface area contributed by atoms with E-state index in [2.05, 4.69) is 10.6 Å². The molecule has 0 aromatic heterocycles. The second kappa shape index (κ2) is 5.61. The largest absolute Gasteiger partial charge is 0.507 e. The summed E-state index contributed by atoms with van der Waals surface area (Å²) in [4.78, 5) is 11.8. The summed E-state index contributed by atoms with van der Waals surface area (Å²) in [6, 6.07) is 10.5. The number of urea groups is 1.